The van der Waals surface area contributed by atoms with Crippen LogP contribution < -0.4 is 5.32 Å². The van der Waals surface area contributed by atoms with Gasteiger partial charge >= 0.3 is 0 Å². The van der Waals surface area contributed by atoms with Crippen molar-refractivity contribution in [1.29, 1.82) is 0 Å². The fourth-order valence-corrected chi connectivity index (χ4v) is 4.52. The van der Waals surface area contributed by atoms with Crippen LogP contribution in [0.3, 0.4) is 0 Å². The molecule has 0 bridgehead atoms. The van der Waals surface area contributed by atoms with Crippen LogP contribution in [0.1, 0.15) is 57.4 Å². The van der Waals surface area contributed by atoms with E-state index in [0.717, 1.165) is 56.0 Å². The van der Waals surface area contributed by atoms with E-state index in [4.69, 9.17) is 0 Å². The Labute approximate surface area is 164 Å². The van der Waals surface area contributed by atoms with Crippen molar-refractivity contribution in [3.8, 4) is 0 Å². The third-order valence-electron chi connectivity index (χ3n) is 5.64. The molecule has 4 nitrogen and oxygen atoms in total. The first-order valence-electron chi connectivity index (χ1n) is 9.90. The van der Waals surface area contributed by atoms with Crippen molar-refractivity contribution in [2.75, 3.05) is 6.54 Å². The molecule has 1 N–H and O–H groups in total. The maximum Gasteiger partial charge on any atom is 0.243 e. The Morgan fingerprint density at radius 2 is 1.81 bits per heavy atom. The van der Waals surface area contributed by atoms with Gasteiger partial charge in [-0.05, 0) is 56.7 Å². The van der Waals surface area contributed by atoms with E-state index in [-0.39, 0.29) is 29.8 Å². The number of nitrogens with zero attached hydrogens (tertiary/aromatic N) is 1. The molecular formula is C21H29BrN2O2. The maximum atomic E-state index is 12.9. The van der Waals surface area contributed by atoms with Crippen molar-refractivity contribution < 1.29 is 9.59 Å². The van der Waals surface area contributed by atoms with Gasteiger partial charge in [0.1, 0.15) is 6.04 Å². The van der Waals surface area contributed by atoms with E-state index >= 15 is 0 Å². The van der Waals surface area contributed by atoms with Crippen LogP contribution in [0.5, 0.6) is 0 Å². The molecular weight excluding hydrogens is 392 g/mol. The number of carbonyl (C=O) groups is 2. The zero-order valence-electron chi connectivity index (χ0n) is 15.5. The second-order valence-corrected chi connectivity index (χ2v) is 8.68. The smallest absolute Gasteiger partial charge is 0.243 e. The molecule has 2 atom stereocenters. The first-order chi connectivity index (χ1) is 12.5. The Hall–Kier alpha value is -1.36. The topological polar surface area (TPSA) is 49.4 Å². The summed E-state index contributed by atoms with van der Waals surface area (Å²) in [6.45, 7) is 2.76. The first kappa shape index (κ1) is 19.4. The molecule has 1 aromatic carbocycles. The van der Waals surface area contributed by atoms with Gasteiger partial charge in [-0.15, -0.1) is 0 Å². The van der Waals surface area contributed by atoms with E-state index < -0.39 is 0 Å². The van der Waals surface area contributed by atoms with Crippen molar-refractivity contribution >= 4 is 27.7 Å². The highest BCUT2D eigenvalue weighted by molar-refractivity contribution is 9.10. The first-order valence-corrected chi connectivity index (χ1v) is 10.7. The number of rotatable bonds is 5. The van der Waals surface area contributed by atoms with E-state index in [1.54, 1.807) is 0 Å². The van der Waals surface area contributed by atoms with Crippen molar-refractivity contribution in [3.05, 3.63) is 34.3 Å². The molecule has 1 aliphatic heterocycles. The van der Waals surface area contributed by atoms with E-state index in [1.807, 2.05) is 24.0 Å². The highest BCUT2D eigenvalue weighted by Gasteiger charge is 2.37. The largest absolute Gasteiger partial charge is 0.352 e. The second-order valence-electron chi connectivity index (χ2n) is 7.76. The monoisotopic (exact) mass is 420 g/mol. The van der Waals surface area contributed by atoms with Gasteiger partial charge in [0.05, 0.1) is 0 Å². The fourth-order valence-electron chi connectivity index (χ4n) is 4.25. The summed E-state index contributed by atoms with van der Waals surface area (Å²) in [6.07, 6.45) is 8.01. The number of halogens is 1. The summed E-state index contributed by atoms with van der Waals surface area (Å²) in [5, 5.41) is 3.13. The lowest BCUT2D eigenvalue weighted by molar-refractivity contribution is -0.142. The number of likely N-dealkylation sites (tertiary alicyclic amines) is 1. The molecule has 1 aliphatic carbocycles. The van der Waals surface area contributed by atoms with Crippen LogP contribution in [-0.4, -0.2) is 35.3 Å². The molecule has 142 valence electrons. The SMILES string of the molecule is CC(Cc1ccc(Br)cc1)NC(=O)C1CCCN1C(=O)C1CCCCC1. The van der Waals surface area contributed by atoms with Crippen molar-refractivity contribution in [3.63, 3.8) is 0 Å². The Morgan fingerprint density at radius 3 is 2.50 bits per heavy atom. The highest BCUT2D eigenvalue weighted by Crippen LogP contribution is 2.29. The van der Waals surface area contributed by atoms with Gasteiger partial charge in [-0.25, -0.2) is 0 Å². The average molecular weight is 421 g/mol. The van der Waals surface area contributed by atoms with Crippen molar-refractivity contribution in [2.45, 2.75) is 70.4 Å². The molecule has 1 heterocycles. The van der Waals surface area contributed by atoms with Crippen LogP contribution in [0.25, 0.3) is 0 Å². The molecule has 1 saturated carbocycles. The van der Waals surface area contributed by atoms with Gasteiger partial charge in [0.25, 0.3) is 0 Å². The Bertz CT molecular complexity index is 625. The Balaban J connectivity index is 1.55. The molecule has 3 rings (SSSR count). The molecule has 2 fully saturated rings. The highest BCUT2D eigenvalue weighted by atomic mass is 79.9. The Morgan fingerprint density at radius 1 is 1.12 bits per heavy atom. The number of hydrogen-bond donors (Lipinski definition) is 1. The second kappa shape index (κ2) is 9.03. The molecule has 0 aromatic heterocycles. The van der Waals surface area contributed by atoms with Crippen molar-refractivity contribution in [2.24, 2.45) is 5.92 Å². The normalized spacial score (nSPS) is 22.2. The molecule has 2 unspecified atom stereocenters. The third-order valence-corrected chi connectivity index (χ3v) is 6.17. The van der Waals surface area contributed by atoms with Crippen LogP contribution in [0, 0.1) is 5.92 Å². The molecule has 2 aliphatic rings. The van der Waals surface area contributed by atoms with Gasteiger partial charge in [0.2, 0.25) is 11.8 Å². The third kappa shape index (κ3) is 4.87. The van der Waals surface area contributed by atoms with Crippen LogP contribution in [0.15, 0.2) is 28.7 Å². The van der Waals surface area contributed by atoms with E-state index in [0.29, 0.717) is 0 Å². The molecule has 5 heteroatoms. The van der Waals surface area contributed by atoms with E-state index in [2.05, 4.69) is 33.4 Å². The molecule has 2 amide bonds. The summed E-state index contributed by atoms with van der Waals surface area (Å²) in [5.41, 5.74) is 1.20. The number of benzene rings is 1. The summed E-state index contributed by atoms with van der Waals surface area (Å²) >= 11 is 3.44. The predicted octanol–water partition coefficient (Wildman–Crippen LogP) is 4.07. The summed E-state index contributed by atoms with van der Waals surface area (Å²) < 4.78 is 1.06. The molecule has 0 spiro atoms. The minimum absolute atomic E-state index is 0.0104. The summed E-state index contributed by atoms with van der Waals surface area (Å²) in [7, 11) is 0. The predicted molar refractivity (Wildman–Crippen MR) is 107 cm³/mol. The minimum atomic E-state index is -0.281. The van der Waals surface area contributed by atoms with Crippen molar-refractivity contribution in [1.82, 2.24) is 10.2 Å². The number of amides is 2. The summed E-state index contributed by atoms with van der Waals surface area (Å²) in [6, 6.07) is 7.95. The zero-order valence-corrected chi connectivity index (χ0v) is 17.1. The standard InChI is InChI=1S/C21H29BrN2O2/c1-15(14-16-9-11-18(22)12-10-16)23-20(25)19-8-5-13-24(19)21(26)17-6-3-2-4-7-17/h9-12,15,17,19H,2-8,13-14H2,1H3,(H,23,25). The van der Waals surface area contributed by atoms with E-state index in [1.165, 1.54) is 12.0 Å². The fraction of sp³-hybridized carbons (Fsp3) is 0.619. The number of nitrogens with one attached hydrogen (secondary N) is 1. The zero-order chi connectivity index (χ0) is 18.5. The van der Waals surface area contributed by atoms with Gasteiger partial charge in [-0.2, -0.15) is 0 Å². The molecule has 1 saturated heterocycles. The van der Waals surface area contributed by atoms with Gasteiger partial charge in [-0.1, -0.05) is 47.3 Å². The van der Waals surface area contributed by atoms with Gasteiger partial charge < -0.3 is 10.2 Å². The lowest BCUT2D eigenvalue weighted by Gasteiger charge is -2.30. The summed E-state index contributed by atoms with van der Waals surface area (Å²) in [4.78, 5) is 27.5. The molecule has 1 aromatic rings. The van der Waals surface area contributed by atoms with Crippen LogP contribution in [0.2, 0.25) is 0 Å². The maximum absolute atomic E-state index is 12.9. The van der Waals surface area contributed by atoms with Crippen LogP contribution in [0.4, 0.5) is 0 Å². The minimum Gasteiger partial charge on any atom is -0.352 e. The number of hydrogen-bond acceptors (Lipinski definition) is 2. The average Bonchev–Trinajstić information content (AvgIpc) is 3.13. The molecule has 26 heavy (non-hydrogen) atoms. The summed E-state index contributed by atoms with van der Waals surface area (Å²) in [5.74, 6) is 0.358. The quantitative estimate of drug-likeness (QED) is 0.780. The van der Waals surface area contributed by atoms with Crippen LogP contribution >= 0.6 is 15.9 Å². The van der Waals surface area contributed by atoms with Gasteiger partial charge in [-0.3, -0.25) is 9.59 Å². The molecule has 0 radical (unpaired) electrons. The lowest BCUT2D eigenvalue weighted by atomic mass is 9.88. The lowest BCUT2D eigenvalue weighted by Crippen LogP contribution is -2.50. The van der Waals surface area contributed by atoms with Gasteiger partial charge in [0, 0.05) is 23.0 Å². The van der Waals surface area contributed by atoms with E-state index in [9.17, 15) is 9.59 Å². The van der Waals surface area contributed by atoms with Gasteiger partial charge in [0.15, 0.2) is 0 Å². The Kier molecular flexibility index (Phi) is 6.74. The number of carbonyl (C=O) groups excluding carboxylic acids is 2. The van der Waals surface area contributed by atoms with Crippen LogP contribution in [-0.2, 0) is 16.0 Å².